The number of nitrogens with one attached hydrogen (secondary N) is 1. The molecule has 0 saturated carbocycles. The first kappa shape index (κ1) is 14.9. The second kappa shape index (κ2) is 6.49. The molecule has 1 unspecified atom stereocenters. The molecule has 0 heterocycles. The fraction of sp³-hybridized carbons (Fsp3) is 0.833. The van der Waals surface area contributed by atoms with Crippen molar-refractivity contribution in [1.82, 2.24) is 10.2 Å². The normalized spacial score (nSPS) is 13.3. The molecule has 0 rings (SSSR count). The van der Waals surface area contributed by atoms with Crippen LogP contribution >= 0.6 is 0 Å². The molecule has 0 spiro atoms. The van der Waals surface area contributed by atoms with Crippen LogP contribution in [0.25, 0.3) is 0 Å². The number of carbonyl (C=O) groups is 1. The lowest BCUT2D eigenvalue weighted by Gasteiger charge is -2.30. The molecule has 0 bridgehead atoms. The standard InChI is InChI=1S/C12H23N3O/c1-6-12(4,5)14-11(16)10(3)15(7-2)9-8-13/h10H,6-7,9H2,1-5H3,(H,14,16). The van der Waals surface area contributed by atoms with Crippen LogP contribution in [0.5, 0.6) is 0 Å². The van der Waals surface area contributed by atoms with Crippen molar-refractivity contribution in [2.24, 2.45) is 0 Å². The molecule has 16 heavy (non-hydrogen) atoms. The number of nitrogens with zero attached hydrogens (tertiary/aromatic N) is 2. The average Bonchev–Trinajstić information content (AvgIpc) is 2.24. The largest absolute Gasteiger partial charge is 0.350 e. The molecular weight excluding hydrogens is 202 g/mol. The molecule has 0 aromatic carbocycles. The van der Waals surface area contributed by atoms with Crippen molar-refractivity contribution in [1.29, 1.82) is 5.26 Å². The van der Waals surface area contributed by atoms with Crippen LogP contribution in [0.15, 0.2) is 0 Å². The summed E-state index contributed by atoms with van der Waals surface area (Å²) in [6, 6.07) is 1.82. The molecule has 0 aliphatic carbocycles. The van der Waals surface area contributed by atoms with Crippen molar-refractivity contribution in [3.63, 3.8) is 0 Å². The number of likely N-dealkylation sites (N-methyl/N-ethyl adjacent to an activating group) is 1. The van der Waals surface area contributed by atoms with Crippen LogP contribution in [-0.4, -0.2) is 35.5 Å². The van der Waals surface area contributed by atoms with Gasteiger partial charge in [0.25, 0.3) is 0 Å². The number of nitriles is 1. The maximum atomic E-state index is 11.9. The highest BCUT2D eigenvalue weighted by atomic mass is 16.2. The summed E-state index contributed by atoms with van der Waals surface area (Å²) in [5.41, 5.74) is -0.183. The second-order valence-electron chi connectivity index (χ2n) is 4.62. The second-order valence-corrected chi connectivity index (χ2v) is 4.62. The van der Waals surface area contributed by atoms with Crippen molar-refractivity contribution in [3.05, 3.63) is 0 Å². The highest BCUT2D eigenvalue weighted by Gasteiger charge is 2.24. The predicted octanol–water partition coefficient (Wildman–Crippen LogP) is 1.53. The molecule has 0 aliphatic heterocycles. The molecule has 0 radical (unpaired) electrons. The molecule has 4 heteroatoms. The zero-order chi connectivity index (χ0) is 12.8. The van der Waals surface area contributed by atoms with Crippen LogP contribution in [0.4, 0.5) is 0 Å². The Morgan fingerprint density at radius 2 is 2.06 bits per heavy atom. The van der Waals surface area contributed by atoms with E-state index in [9.17, 15) is 4.79 Å². The summed E-state index contributed by atoms with van der Waals surface area (Å²) in [6.45, 7) is 10.8. The zero-order valence-corrected chi connectivity index (χ0v) is 11.0. The lowest BCUT2D eigenvalue weighted by atomic mass is 10.0. The molecule has 4 nitrogen and oxygen atoms in total. The van der Waals surface area contributed by atoms with Gasteiger partial charge in [-0.2, -0.15) is 5.26 Å². The van der Waals surface area contributed by atoms with Crippen LogP contribution in [0, 0.1) is 11.3 Å². The van der Waals surface area contributed by atoms with Crippen molar-refractivity contribution in [2.45, 2.75) is 52.6 Å². The van der Waals surface area contributed by atoms with E-state index < -0.39 is 0 Å². The Morgan fingerprint density at radius 1 is 1.50 bits per heavy atom. The van der Waals surface area contributed by atoms with Crippen molar-refractivity contribution in [3.8, 4) is 6.07 Å². The molecule has 1 amide bonds. The maximum Gasteiger partial charge on any atom is 0.237 e. The number of amides is 1. The third kappa shape index (κ3) is 4.63. The Kier molecular flexibility index (Phi) is 6.05. The fourth-order valence-corrected chi connectivity index (χ4v) is 1.31. The Hall–Kier alpha value is -1.08. The minimum absolute atomic E-state index is 0.0102. The summed E-state index contributed by atoms with van der Waals surface area (Å²) in [6.07, 6.45) is 0.885. The van der Waals surface area contributed by atoms with Gasteiger partial charge in [-0.1, -0.05) is 13.8 Å². The van der Waals surface area contributed by atoms with Gasteiger partial charge in [0.05, 0.1) is 18.7 Å². The first-order valence-corrected chi connectivity index (χ1v) is 5.81. The molecular formula is C12H23N3O. The Labute approximate surface area is 98.6 Å². The van der Waals surface area contributed by atoms with Gasteiger partial charge in [0.2, 0.25) is 5.91 Å². The number of hydrogen-bond donors (Lipinski definition) is 1. The monoisotopic (exact) mass is 225 g/mol. The van der Waals surface area contributed by atoms with Gasteiger partial charge >= 0.3 is 0 Å². The summed E-state index contributed by atoms with van der Waals surface area (Å²) in [7, 11) is 0. The van der Waals surface area contributed by atoms with E-state index in [1.54, 1.807) is 0 Å². The molecule has 92 valence electrons. The summed E-state index contributed by atoms with van der Waals surface area (Å²) in [4.78, 5) is 13.8. The van der Waals surface area contributed by atoms with E-state index in [1.165, 1.54) is 0 Å². The fourth-order valence-electron chi connectivity index (χ4n) is 1.31. The van der Waals surface area contributed by atoms with E-state index >= 15 is 0 Å². The van der Waals surface area contributed by atoms with Gasteiger partial charge in [-0.3, -0.25) is 9.69 Å². The molecule has 0 fully saturated rings. The van der Waals surface area contributed by atoms with Gasteiger partial charge in [0, 0.05) is 5.54 Å². The zero-order valence-electron chi connectivity index (χ0n) is 11.0. The molecule has 0 aromatic heterocycles. The van der Waals surface area contributed by atoms with Gasteiger partial charge in [-0.05, 0) is 33.7 Å². The lowest BCUT2D eigenvalue weighted by Crippen LogP contribution is -2.52. The van der Waals surface area contributed by atoms with Gasteiger partial charge in [-0.15, -0.1) is 0 Å². The van der Waals surface area contributed by atoms with E-state index in [1.807, 2.05) is 39.5 Å². The Bertz CT molecular complexity index is 268. The molecule has 0 aliphatic rings. The summed E-state index contributed by atoms with van der Waals surface area (Å²) in [5, 5.41) is 11.6. The maximum absolute atomic E-state index is 11.9. The minimum atomic E-state index is -0.254. The van der Waals surface area contributed by atoms with Crippen LogP contribution in [0.1, 0.15) is 41.0 Å². The molecule has 1 N–H and O–H groups in total. The summed E-state index contributed by atoms with van der Waals surface area (Å²) < 4.78 is 0. The van der Waals surface area contributed by atoms with Crippen molar-refractivity contribution in [2.75, 3.05) is 13.1 Å². The minimum Gasteiger partial charge on any atom is -0.350 e. The van der Waals surface area contributed by atoms with Gasteiger partial charge in [-0.25, -0.2) is 0 Å². The van der Waals surface area contributed by atoms with Gasteiger partial charge in [0.15, 0.2) is 0 Å². The molecule has 0 aromatic rings. The van der Waals surface area contributed by atoms with E-state index in [0.717, 1.165) is 6.42 Å². The Balaban J connectivity index is 4.43. The van der Waals surface area contributed by atoms with Crippen molar-refractivity contribution < 1.29 is 4.79 Å². The molecule has 1 atom stereocenters. The number of rotatable bonds is 6. The average molecular weight is 225 g/mol. The smallest absolute Gasteiger partial charge is 0.237 e. The van der Waals surface area contributed by atoms with Gasteiger partial charge in [0.1, 0.15) is 0 Å². The van der Waals surface area contributed by atoms with E-state index in [0.29, 0.717) is 6.54 Å². The van der Waals surface area contributed by atoms with Crippen LogP contribution in [0.2, 0.25) is 0 Å². The summed E-state index contributed by atoms with van der Waals surface area (Å²) >= 11 is 0. The van der Waals surface area contributed by atoms with Crippen LogP contribution in [-0.2, 0) is 4.79 Å². The quantitative estimate of drug-likeness (QED) is 0.697. The first-order chi connectivity index (χ1) is 7.37. The highest BCUT2D eigenvalue weighted by molar-refractivity contribution is 5.82. The first-order valence-electron chi connectivity index (χ1n) is 5.81. The highest BCUT2D eigenvalue weighted by Crippen LogP contribution is 2.08. The SMILES string of the molecule is CCN(CC#N)C(C)C(=O)NC(C)(C)CC. The molecule has 0 saturated heterocycles. The van der Waals surface area contributed by atoms with Crippen LogP contribution < -0.4 is 5.32 Å². The lowest BCUT2D eigenvalue weighted by molar-refractivity contribution is -0.127. The van der Waals surface area contributed by atoms with Gasteiger partial charge < -0.3 is 5.32 Å². The van der Waals surface area contributed by atoms with E-state index in [4.69, 9.17) is 5.26 Å². The number of hydrogen-bond acceptors (Lipinski definition) is 3. The number of carbonyl (C=O) groups excluding carboxylic acids is 1. The van der Waals surface area contributed by atoms with E-state index in [-0.39, 0.29) is 24.0 Å². The Morgan fingerprint density at radius 3 is 2.44 bits per heavy atom. The summed E-state index contributed by atoms with van der Waals surface area (Å²) in [5.74, 6) is -0.0102. The predicted molar refractivity (Wildman–Crippen MR) is 64.8 cm³/mol. The third-order valence-corrected chi connectivity index (χ3v) is 2.95. The third-order valence-electron chi connectivity index (χ3n) is 2.95. The van der Waals surface area contributed by atoms with Crippen LogP contribution in [0.3, 0.4) is 0 Å². The van der Waals surface area contributed by atoms with Crippen molar-refractivity contribution >= 4 is 5.91 Å². The van der Waals surface area contributed by atoms with E-state index in [2.05, 4.69) is 11.4 Å². The topological polar surface area (TPSA) is 56.1 Å².